The third-order valence-corrected chi connectivity index (χ3v) is 3.86. The Morgan fingerprint density at radius 2 is 1.95 bits per heavy atom. The summed E-state index contributed by atoms with van der Waals surface area (Å²) in [4.78, 5) is 6.77. The average molecular weight is 319 g/mol. The molecule has 1 aromatic heterocycles. The molecule has 0 bridgehead atoms. The Balaban J connectivity index is 2.15. The first-order valence-electron chi connectivity index (χ1n) is 6.39. The normalized spacial score (nSPS) is 10.5. The van der Waals surface area contributed by atoms with E-state index in [-0.39, 0.29) is 0 Å². The van der Waals surface area contributed by atoms with E-state index in [0.29, 0.717) is 0 Å². The highest BCUT2D eigenvalue weighted by Crippen LogP contribution is 2.21. The second kappa shape index (κ2) is 6.20. The van der Waals surface area contributed by atoms with Gasteiger partial charge in [0.1, 0.15) is 0 Å². The van der Waals surface area contributed by atoms with Gasteiger partial charge in [-0.25, -0.2) is 0 Å². The fourth-order valence-corrected chi connectivity index (χ4v) is 2.72. The maximum Gasteiger partial charge on any atom is 0.0600 e. The van der Waals surface area contributed by atoms with Gasteiger partial charge in [-0.3, -0.25) is 4.98 Å². The molecule has 0 fully saturated rings. The van der Waals surface area contributed by atoms with E-state index in [9.17, 15) is 0 Å². The summed E-state index contributed by atoms with van der Waals surface area (Å²) in [7, 11) is 2.10. The smallest absolute Gasteiger partial charge is 0.0600 e. The van der Waals surface area contributed by atoms with Crippen LogP contribution in [0.25, 0.3) is 0 Å². The summed E-state index contributed by atoms with van der Waals surface area (Å²) >= 11 is 3.51. The first kappa shape index (κ1) is 14.1. The third kappa shape index (κ3) is 3.57. The molecule has 0 atom stereocenters. The molecule has 0 spiro atoms. The first-order chi connectivity index (χ1) is 9.10. The lowest BCUT2D eigenvalue weighted by atomic mass is 10.1. The van der Waals surface area contributed by atoms with Crippen molar-refractivity contribution in [2.24, 2.45) is 0 Å². The van der Waals surface area contributed by atoms with Crippen LogP contribution in [0.5, 0.6) is 0 Å². The van der Waals surface area contributed by atoms with Crippen LogP contribution in [0.3, 0.4) is 0 Å². The number of halogens is 1. The van der Waals surface area contributed by atoms with Crippen LogP contribution in [-0.2, 0) is 11.9 Å². The lowest BCUT2D eigenvalue weighted by molar-refractivity contribution is 0.876. The van der Waals surface area contributed by atoms with Crippen LogP contribution in [0, 0.1) is 13.8 Å². The Labute approximate surface area is 123 Å². The van der Waals surface area contributed by atoms with Gasteiger partial charge in [-0.1, -0.05) is 28.1 Å². The highest BCUT2D eigenvalue weighted by Gasteiger charge is 2.05. The number of alkyl halides is 1. The molecule has 0 amide bonds. The minimum Gasteiger partial charge on any atom is -0.369 e. The quantitative estimate of drug-likeness (QED) is 0.784. The molecule has 2 aromatic rings. The Hall–Kier alpha value is -1.35. The highest BCUT2D eigenvalue weighted by molar-refractivity contribution is 9.08. The zero-order valence-electron chi connectivity index (χ0n) is 11.7. The molecule has 1 heterocycles. The minimum atomic E-state index is 0.828. The van der Waals surface area contributed by atoms with Crippen LogP contribution in [0.15, 0.2) is 36.4 Å². The van der Waals surface area contributed by atoms with E-state index in [4.69, 9.17) is 0 Å². The van der Waals surface area contributed by atoms with Crippen molar-refractivity contribution in [1.29, 1.82) is 0 Å². The second-order valence-electron chi connectivity index (χ2n) is 4.87. The number of benzene rings is 1. The molecule has 0 radical (unpaired) electrons. The monoisotopic (exact) mass is 318 g/mol. The molecular formula is C16H19BrN2. The molecule has 0 aliphatic heterocycles. The topological polar surface area (TPSA) is 16.1 Å². The Morgan fingerprint density at radius 3 is 2.58 bits per heavy atom. The zero-order valence-corrected chi connectivity index (χ0v) is 13.2. The molecule has 0 saturated carbocycles. The first-order valence-corrected chi connectivity index (χ1v) is 7.51. The van der Waals surface area contributed by atoms with E-state index in [1.54, 1.807) is 0 Å². The van der Waals surface area contributed by atoms with Gasteiger partial charge in [0.05, 0.1) is 12.2 Å². The van der Waals surface area contributed by atoms with E-state index in [2.05, 4.69) is 70.1 Å². The molecule has 0 aliphatic rings. The van der Waals surface area contributed by atoms with Gasteiger partial charge in [-0.15, -0.1) is 0 Å². The van der Waals surface area contributed by atoms with Crippen molar-refractivity contribution < 1.29 is 0 Å². The number of hydrogen-bond acceptors (Lipinski definition) is 2. The standard InChI is InChI=1S/C16H19BrN2/c1-12-9-16(8-7-14(12)10-17)19(3)11-15-6-4-5-13(2)18-15/h4-9H,10-11H2,1-3H3. The van der Waals surface area contributed by atoms with Gasteiger partial charge in [0.15, 0.2) is 0 Å². The van der Waals surface area contributed by atoms with Gasteiger partial charge in [0.25, 0.3) is 0 Å². The second-order valence-corrected chi connectivity index (χ2v) is 5.43. The third-order valence-electron chi connectivity index (χ3n) is 3.26. The highest BCUT2D eigenvalue weighted by atomic mass is 79.9. The summed E-state index contributed by atoms with van der Waals surface area (Å²) in [6, 6.07) is 12.7. The van der Waals surface area contributed by atoms with Crippen LogP contribution in [-0.4, -0.2) is 12.0 Å². The van der Waals surface area contributed by atoms with E-state index in [1.807, 2.05) is 13.0 Å². The van der Waals surface area contributed by atoms with Crippen LogP contribution in [0.4, 0.5) is 5.69 Å². The SMILES string of the molecule is Cc1cccc(CN(C)c2ccc(CBr)c(C)c2)n1. The van der Waals surface area contributed by atoms with Gasteiger partial charge in [-0.05, 0) is 49.2 Å². The number of aromatic nitrogens is 1. The lowest BCUT2D eigenvalue weighted by Gasteiger charge is -2.20. The van der Waals surface area contributed by atoms with Gasteiger partial charge >= 0.3 is 0 Å². The Bertz CT molecular complexity index is 566. The van der Waals surface area contributed by atoms with E-state index >= 15 is 0 Å². The van der Waals surface area contributed by atoms with Gasteiger partial charge in [0, 0.05) is 23.8 Å². The van der Waals surface area contributed by atoms with E-state index < -0.39 is 0 Å². The van der Waals surface area contributed by atoms with Crippen LogP contribution >= 0.6 is 15.9 Å². The summed E-state index contributed by atoms with van der Waals surface area (Å²) in [5.74, 6) is 0. The van der Waals surface area contributed by atoms with E-state index in [1.165, 1.54) is 16.8 Å². The molecule has 2 nitrogen and oxygen atoms in total. The van der Waals surface area contributed by atoms with Crippen molar-refractivity contribution in [1.82, 2.24) is 4.98 Å². The van der Waals surface area contributed by atoms with Crippen molar-refractivity contribution in [3.63, 3.8) is 0 Å². The summed E-state index contributed by atoms with van der Waals surface area (Å²) in [5.41, 5.74) is 6.05. The molecule has 1 aromatic carbocycles. The number of pyridine rings is 1. The number of nitrogens with zero attached hydrogens (tertiary/aromatic N) is 2. The zero-order chi connectivity index (χ0) is 13.8. The molecule has 0 saturated heterocycles. The van der Waals surface area contributed by atoms with Gasteiger partial charge in [0.2, 0.25) is 0 Å². The van der Waals surface area contributed by atoms with Crippen molar-refractivity contribution in [2.75, 3.05) is 11.9 Å². The molecule has 0 aliphatic carbocycles. The average Bonchev–Trinajstić information content (AvgIpc) is 2.38. The number of aryl methyl sites for hydroxylation is 2. The summed E-state index contributed by atoms with van der Waals surface area (Å²) in [6.07, 6.45) is 0. The van der Waals surface area contributed by atoms with Crippen LogP contribution in [0.2, 0.25) is 0 Å². The van der Waals surface area contributed by atoms with Crippen molar-refractivity contribution in [2.45, 2.75) is 25.7 Å². The van der Waals surface area contributed by atoms with Crippen LogP contribution in [0.1, 0.15) is 22.5 Å². The largest absolute Gasteiger partial charge is 0.369 e. The predicted octanol–water partition coefficient (Wildman–Crippen LogP) is 4.23. The Morgan fingerprint density at radius 1 is 1.16 bits per heavy atom. The molecular weight excluding hydrogens is 300 g/mol. The van der Waals surface area contributed by atoms with Crippen molar-refractivity contribution in [3.05, 3.63) is 58.9 Å². The van der Waals surface area contributed by atoms with Crippen molar-refractivity contribution >= 4 is 21.6 Å². The Kier molecular flexibility index (Phi) is 4.59. The maximum atomic E-state index is 4.55. The molecule has 3 heteroatoms. The summed E-state index contributed by atoms with van der Waals surface area (Å²) in [6.45, 7) is 5.01. The maximum absolute atomic E-state index is 4.55. The minimum absolute atomic E-state index is 0.828. The van der Waals surface area contributed by atoms with Crippen LogP contribution < -0.4 is 4.90 Å². The number of anilines is 1. The molecule has 19 heavy (non-hydrogen) atoms. The van der Waals surface area contributed by atoms with E-state index in [0.717, 1.165) is 23.3 Å². The summed E-state index contributed by atoms with van der Waals surface area (Å²) < 4.78 is 0. The molecule has 2 rings (SSSR count). The summed E-state index contributed by atoms with van der Waals surface area (Å²) in [5, 5.41) is 0.905. The molecule has 100 valence electrons. The lowest BCUT2D eigenvalue weighted by Crippen LogP contribution is -2.17. The number of hydrogen-bond donors (Lipinski definition) is 0. The predicted molar refractivity (Wildman–Crippen MR) is 84.9 cm³/mol. The fourth-order valence-electron chi connectivity index (χ4n) is 2.09. The molecule has 0 unspecified atom stereocenters. The number of rotatable bonds is 4. The molecule has 0 N–H and O–H groups in total. The van der Waals surface area contributed by atoms with Gasteiger partial charge < -0.3 is 4.90 Å². The fraction of sp³-hybridized carbons (Fsp3) is 0.312. The van der Waals surface area contributed by atoms with Gasteiger partial charge in [-0.2, -0.15) is 0 Å². The van der Waals surface area contributed by atoms with Crippen molar-refractivity contribution in [3.8, 4) is 0 Å².